The van der Waals surface area contributed by atoms with Crippen LogP contribution < -0.4 is 10.5 Å². The lowest BCUT2D eigenvalue weighted by atomic mass is 10.2. The molecule has 0 atom stereocenters. The summed E-state index contributed by atoms with van der Waals surface area (Å²) in [6.07, 6.45) is 0. The summed E-state index contributed by atoms with van der Waals surface area (Å²) < 4.78 is 19.3. The zero-order valence-electron chi connectivity index (χ0n) is 11.0. The molecule has 0 aliphatic carbocycles. The first-order valence-corrected chi connectivity index (χ1v) is 6.91. The van der Waals surface area contributed by atoms with E-state index in [0.717, 1.165) is 5.56 Å². The number of hydrogen-bond acceptors (Lipinski definition) is 2. The minimum Gasteiger partial charge on any atom is -0.489 e. The lowest BCUT2D eigenvalue weighted by Crippen LogP contribution is -1.97. The second kappa shape index (κ2) is 7.33. The summed E-state index contributed by atoms with van der Waals surface area (Å²) in [5, 5.41) is 0.936. The summed E-state index contributed by atoms with van der Waals surface area (Å²) in [7, 11) is 0. The molecule has 108 valence electrons. The van der Waals surface area contributed by atoms with Crippen molar-refractivity contribution >= 4 is 23.2 Å². The molecular weight excluding hydrogens is 312 g/mol. The number of benzene rings is 2. The van der Waals surface area contributed by atoms with Crippen molar-refractivity contribution in [3.8, 4) is 17.6 Å². The van der Waals surface area contributed by atoms with Crippen molar-refractivity contribution in [3.05, 3.63) is 63.4 Å². The Morgan fingerprint density at radius 3 is 2.57 bits per heavy atom. The zero-order valence-corrected chi connectivity index (χ0v) is 12.5. The third kappa shape index (κ3) is 4.37. The molecule has 0 bridgehead atoms. The highest BCUT2D eigenvalue weighted by Gasteiger charge is 2.04. The van der Waals surface area contributed by atoms with Crippen LogP contribution in [0.15, 0.2) is 36.4 Å². The molecule has 2 nitrogen and oxygen atoms in total. The maximum atomic E-state index is 13.8. The molecule has 21 heavy (non-hydrogen) atoms. The Kier molecular flexibility index (Phi) is 5.46. The monoisotopic (exact) mass is 323 g/mol. The van der Waals surface area contributed by atoms with Crippen molar-refractivity contribution in [2.24, 2.45) is 5.73 Å². The van der Waals surface area contributed by atoms with Gasteiger partial charge in [0.25, 0.3) is 0 Å². The molecule has 0 spiro atoms. The van der Waals surface area contributed by atoms with Crippen molar-refractivity contribution in [2.75, 3.05) is 6.54 Å². The van der Waals surface area contributed by atoms with Gasteiger partial charge in [0, 0.05) is 6.07 Å². The molecule has 2 aromatic rings. The van der Waals surface area contributed by atoms with Gasteiger partial charge >= 0.3 is 0 Å². The van der Waals surface area contributed by atoms with Crippen molar-refractivity contribution < 1.29 is 9.13 Å². The molecule has 2 N–H and O–H groups in total. The van der Waals surface area contributed by atoms with E-state index in [4.69, 9.17) is 33.7 Å². The van der Waals surface area contributed by atoms with Gasteiger partial charge in [0.2, 0.25) is 0 Å². The predicted molar refractivity (Wildman–Crippen MR) is 83.1 cm³/mol. The summed E-state index contributed by atoms with van der Waals surface area (Å²) in [5.74, 6) is 5.23. The molecule has 0 radical (unpaired) electrons. The van der Waals surface area contributed by atoms with E-state index >= 15 is 0 Å². The fourth-order valence-corrected chi connectivity index (χ4v) is 1.95. The van der Waals surface area contributed by atoms with Gasteiger partial charge in [-0.2, -0.15) is 0 Å². The average Bonchev–Trinajstić information content (AvgIpc) is 2.47. The zero-order chi connectivity index (χ0) is 15.2. The van der Waals surface area contributed by atoms with Gasteiger partial charge in [-0.05, 0) is 29.8 Å². The molecule has 0 saturated heterocycles. The van der Waals surface area contributed by atoms with E-state index in [1.54, 1.807) is 30.3 Å². The van der Waals surface area contributed by atoms with Crippen LogP contribution in [-0.2, 0) is 6.61 Å². The second-order valence-corrected chi connectivity index (χ2v) is 5.00. The van der Waals surface area contributed by atoms with Crippen LogP contribution in [-0.4, -0.2) is 6.54 Å². The lowest BCUT2D eigenvalue weighted by molar-refractivity contribution is 0.304. The van der Waals surface area contributed by atoms with E-state index in [2.05, 4.69) is 11.8 Å². The van der Waals surface area contributed by atoms with Gasteiger partial charge in [-0.1, -0.05) is 41.1 Å². The molecule has 0 saturated carbocycles. The summed E-state index contributed by atoms with van der Waals surface area (Å²) in [4.78, 5) is 0. The van der Waals surface area contributed by atoms with Crippen LogP contribution in [0.3, 0.4) is 0 Å². The van der Waals surface area contributed by atoms with E-state index in [-0.39, 0.29) is 13.2 Å². The smallest absolute Gasteiger partial charge is 0.142 e. The number of halogens is 3. The predicted octanol–water partition coefficient (Wildman–Crippen LogP) is 4.02. The molecule has 0 aromatic heterocycles. The van der Waals surface area contributed by atoms with E-state index in [0.29, 0.717) is 21.4 Å². The van der Waals surface area contributed by atoms with Crippen molar-refractivity contribution in [1.82, 2.24) is 0 Å². The van der Waals surface area contributed by atoms with Crippen molar-refractivity contribution in [2.45, 2.75) is 6.61 Å². The van der Waals surface area contributed by atoms with Gasteiger partial charge < -0.3 is 10.5 Å². The fourth-order valence-electron chi connectivity index (χ4n) is 1.63. The Labute approximate surface area is 132 Å². The van der Waals surface area contributed by atoms with E-state index < -0.39 is 5.82 Å². The fraction of sp³-hybridized carbons (Fsp3) is 0.125. The average molecular weight is 324 g/mol. The van der Waals surface area contributed by atoms with Gasteiger partial charge in [0.05, 0.1) is 22.2 Å². The minimum absolute atomic E-state index is 0.190. The first kappa shape index (κ1) is 15.7. The van der Waals surface area contributed by atoms with Crippen LogP contribution in [0.25, 0.3) is 0 Å². The highest BCUT2D eigenvalue weighted by Crippen LogP contribution is 2.24. The quantitative estimate of drug-likeness (QED) is 0.866. The van der Waals surface area contributed by atoms with E-state index in [1.165, 1.54) is 6.07 Å². The summed E-state index contributed by atoms with van der Waals surface area (Å²) in [6.45, 7) is 0.458. The van der Waals surface area contributed by atoms with E-state index in [9.17, 15) is 4.39 Å². The van der Waals surface area contributed by atoms with Gasteiger partial charge in [0.15, 0.2) is 0 Å². The Morgan fingerprint density at radius 2 is 1.90 bits per heavy atom. The van der Waals surface area contributed by atoms with Crippen molar-refractivity contribution in [3.63, 3.8) is 0 Å². The van der Waals surface area contributed by atoms with Gasteiger partial charge in [-0.3, -0.25) is 0 Å². The molecule has 2 rings (SSSR count). The highest BCUT2D eigenvalue weighted by atomic mass is 35.5. The van der Waals surface area contributed by atoms with Gasteiger partial charge in [-0.25, -0.2) is 4.39 Å². The van der Waals surface area contributed by atoms with Crippen LogP contribution in [0.5, 0.6) is 5.75 Å². The molecule has 0 fully saturated rings. The molecule has 5 heteroatoms. The van der Waals surface area contributed by atoms with Crippen LogP contribution in [0, 0.1) is 17.7 Å². The normalized spacial score (nSPS) is 9.90. The second-order valence-electron chi connectivity index (χ2n) is 4.18. The Morgan fingerprint density at radius 1 is 1.10 bits per heavy atom. The minimum atomic E-state index is -0.442. The van der Waals surface area contributed by atoms with Crippen LogP contribution in [0.1, 0.15) is 11.1 Å². The van der Waals surface area contributed by atoms with Gasteiger partial charge in [-0.15, -0.1) is 0 Å². The molecule has 0 aliphatic heterocycles. The van der Waals surface area contributed by atoms with Crippen LogP contribution >= 0.6 is 23.2 Å². The summed E-state index contributed by atoms with van der Waals surface area (Å²) in [6, 6.07) is 9.70. The van der Waals surface area contributed by atoms with Gasteiger partial charge in [0.1, 0.15) is 18.2 Å². The molecule has 0 aliphatic rings. The summed E-state index contributed by atoms with van der Waals surface area (Å²) >= 11 is 11.8. The molecule has 0 heterocycles. The Balaban J connectivity index is 2.06. The van der Waals surface area contributed by atoms with Crippen molar-refractivity contribution in [1.29, 1.82) is 0 Å². The number of ether oxygens (including phenoxy) is 1. The first-order valence-electron chi connectivity index (χ1n) is 6.15. The number of nitrogens with two attached hydrogens (primary N) is 1. The number of hydrogen-bond donors (Lipinski definition) is 1. The Bertz CT molecular complexity index is 707. The molecule has 0 unspecified atom stereocenters. The molecule has 0 amide bonds. The van der Waals surface area contributed by atoms with E-state index in [1.807, 2.05) is 0 Å². The first-order chi connectivity index (χ1) is 10.1. The maximum absolute atomic E-state index is 13.8. The largest absolute Gasteiger partial charge is 0.489 e. The third-order valence-electron chi connectivity index (χ3n) is 2.66. The molecular formula is C16H12Cl2FNO. The third-order valence-corrected chi connectivity index (χ3v) is 3.39. The maximum Gasteiger partial charge on any atom is 0.142 e. The molecule has 2 aromatic carbocycles. The lowest BCUT2D eigenvalue weighted by Gasteiger charge is -2.08. The number of rotatable bonds is 3. The van der Waals surface area contributed by atoms with Crippen LogP contribution in [0.2, 0.25) is 10.0 Å². The standard InChI is InChI=1S/C16H12Cl2FNO/c17-14-6-3-11(8-15(14)18)10-21-13-5-4-12(2-1-7-20)16(19)9-13/h3-6,8-9H,7,10,20H2. The summed E-state index contributed by atoms with van der Waals surface area (Å²) in [5.41, 5.74) is 6.39. The Hall–Kier alpha value is -1.73. The SMILES string of the molecule is NCC#Cc1ccc(OCc2ccc(Cl)c(Cl)c2)cc1F. The van der Waals surface area contributed by atoms with Crippen LogP contribution in [0.4, 0.5) is 4.39 Å². The highest BCUT2D eigenvalue weighted by molar-refractivity contribution is 6.42. The topological polar surface area (TPSA) is 35.2 Å².